The molecule has 4 aliphatic rings. The number of hydrogen-bond donors (Lipinski definition) is 1. The fraction of sp³-hybridized carbons (Fsp3) is 0.600. The third-order valence-electron chi connectivity index (χ3n) is 10.7. The first-order valence-corrected chi connectivity index (χ1v) is 16.3. The maximum atomic E-state index is 14.6. The maximum absolute atomic E-state index is 14.6. The number of methoxy groups -OCH3 is 2. The summed E-state index contributed by atoms with van der Waals surface area (Å²) in [6.45, 7) is 3.82. The van der Waals surface area contributed by atoms with Crippen molar-refractivity contribution in [1.82, 2.24) is 9.80 Å². The highest BCUT2D eigenvalue weighted by Crippen LogP contribution is 2.43. The zero-order valence-electron chi connectivity index (χ0n) is 26.0. The largest absolute Gasteiger partial charge is 0.497 e. The average Bonchev–Trinajstić information content (AvgIpc) is 3.81. The summed E-state index contributed by atoms with van der Waals surface area (Å²) in [6, 6.07) is 13.6. The third-order valence-corrected chi connectivity index (χ3v) is 10.7. The van der Waals surface area contributed by atoms with Gasteiger partial charge in [0, 0.05) is 63.4 Å². The van der Waals surface area contributed by atoms with E-state index in [2.05, 4.69) is 26.8 Å². The smallest absolute Gasteiger partial charge is 0.306 e. The summed E-state index contributed by atoms with van der Waals surface area (Å²) in [5.74, 6) is -0.431. The molecule has 2 aromatic carbocycles. The van der Waals surface area contributed by atoms with Gasteiger partial charge < -0.3 is 24.4 Å². The fourth-order valence-corrected chi connectivity index (χ4v) is 8.32. The van der Waals surface area contributed by atoms with Gasteiger partial charge in [-0.3, -0.25) is 14.5 Å². The molecular formula is C35H46FN3O5. The third kappa shape index (κ3) is 6.31. The lowest BCUT2D eigenvalue weighted by atomic mass is 9.87. The molecule has 4 atom stereocenters. The number of likely N-dealkylation sites (tertiary alicyclic amines) is 2. The van der Waals surface area contributed by atoms with E-state index in [9.17, 15) is 19.1 Å². The van der Waals surface area contributed by atoms with Gasteiger partial charge in [0.05, 0.1) is 31.6 Å². The standard InChI is InChI=1S/C35H46FN3O5/c1-43-22-28-17-25(30-12-9-26(36)18-33(30)37-15-13-24(14-16-37)35(41)42)19-39(28)34(40)32-21-38(27-5-3-4-6-27)20-31(32)23-7-10-29(44-2)11-8-23/h7-12,18,24-25,27-28,31-32H,3-6,13-17,19-22H2,1-2H3,(H,41,42)/t25-,28+,31+,32-/m1/s1. The molecule has 3 saturated heterocycles. The number of amides is 1. The minimum absolute atomic E-state index is 0.0404. The van der Waals surface area contributed by atoms with E-state index in [1.807, 2.05) is 18.2 Å². The van der Waals surface area contributed by atoms with Crippen LogP contribution >= 0.6 is 0 Å². The van der Waals surface area contributed by atoms with Gasteiger partial charge in [0.2, 0.25) is 5.91 Å². The van der Waals surface area contributed by atoms with E-state index in [-0.39, 0.29) is 41.4 Å². The van der Waals surface area contributed by atoms with Crippen molar-refractivity contribution in [2.75, 3.05) is 58.5 Å². The number of ether oxygens (including phenoxy) is 2. The van der Waals surface area contributed by atoms with E-state index in [4.69, 9.17) is 9.47 Å². The van der Waals surface area contributed by atoms with Crippen molar-refractivity contribution in [3.8, 4) is 5.75 Å². The number of aliphatic carboxylic acids is 1. The highest BCUT2D eigenvalue weighted by atomic mass is 19.1. The van der Waals surface area contributed by atoms with E-state index in [0.717, 1.165) is 36.5 Å². The van der Waals surface area contributed by atoms with Crippen molar-refractivity contribution in [2.45, 2.75) is 68.9 Å². The number of rotatable bonds is 9. The van der Waals surface area contributed by atoms with Crippen LogP contribution in [0.15, 0.2) is 42.5 Å². The molecule has 0 bridgehead atoms. The molecule has 8 nitrogen and oxygen atoms in total. The SMILES string of the molecule is COC[C@@H]1C[C@@H](c2ccc(F)cc2N2CCC(C(=O)O)CC2)CN1C(=O)[C@@H]1CN(C2CCCC2)C[C@H]1c1ccc(OC)cc1. The minimum atomic E-state index is -0.761. The van der Waals surface area contributed by atoms with Crippen molar-refractivity contribution >= 4 is 17.6 Å². The Balaban J connectivity index is 1.25. The Morgan fingerprint density at radius 3 is 2.34 bits per heavy atom. The van der Waals surface area contributed by atoms with Gasteiger partial charge >= 0.3 is 5.97 Å². The molecule has 3 aliphatic heterocycles. The van der Waals surface area contributed by atoms with E-state index >= 15 is 0 Å². The first-order chi connectivity index (χ1) is 21.4. The molecule has 1 aliphatic carbocycles. The first-order valence-electron chi connectivity index (χ1n) is 16.3. The monoisotopic (exact) mass is 607 g/mol. The summed E-state index contributed by atoms with van der Waals surface area (Å²) < 4.78 is 25.7. The molecule has 0 spiro atoms. The number of hydrogen-bond acceptors (Lipinski definition) is 6. The van der Waals surface area contributed by atoms with Crippen molar-refractivity contribution in [1.29, 1.82) is 0 Å². The summed E-state index contributed by atoms with van der Waals surface area (Å²) in [6.07, 6.45) is 6.74. The number of benzene rings is 2. The second-order valence-electron chi connectivity index (χ2n) is 13.2. The Morgan fingerprint density at radius 2 is 1.68 bits per heavy atom. The van der Waals surface area contributed by atoms with Crippen LogP contribution in [0.2, 0.25) is 0 Å². The molecule has 1 amide bonds. The Kier molecular flexibility index (Phi) is 9.42. The lowest BCUT2D eigenvalue weighted by Crippen LogP contribution is -2.44. The van der Waals surface area contributed by atoms with Gasteiger partial charge in [-0.1, -0.05) is 31.0 Å². The van der Waals surface area contributed by atoms with Crippen molar-refractivity contribution in [2.24, 2.45) is 11.8 Å². The van der Waals surface area contributed by atoms with Gasteiger partial charge in [-0.2, -0.15) is 0 Å². The summed E-state index contributed by atoms with van der Waals surface area (Å²) in [5, 5.41) is 9.47. The van der Waals surface area contributed by atoms with E-state index in [0.29, 0.717) is 45.1 Å². The lowest BCUT2D eigenvalue weighted by molar-refractivity contribution is -0.142. The van der Waals surface area contributed by atoms with E-state index in [1.54, 1.807) is 20.3 Å². The first kappa shape index (κ1) is 30.8. The Labute approximate surface area is 260 Å². The van der Waals surface area contributed by atoms with Crippen LogP contribution in [0.4, 0.5) is 10.1 Å². The highest BCUT2D eigenvalue weighted by Gasteiger charge is 2.46. The zero-order chi connectivity index (χ0) is 30.8. The number of carbonyl (C=O) groups excluding carboxylic acids is 1. The van der Waals surface area contributed by atoms with Crippen LogP contribution in [0, 0.1) is 17.7 Å². The van der Waals surface area contributed by atoms with Crippen LogP contribution in [-0.2, 0) is 14.3 Å². The van der Waals surface area contributed by atoms with Crippen molar-refractivity contribution < 1.29 is 28.6 Å². The van der Waals surface area contributed by atoms with Gasteiger partial charge in [-0.05, 0) is 67.5 Å². The molecule has 238 valence electrons. The molecule has 2 aromatic rings. The number of piperidine rings is 1. The van der Waals surface area contributed by atoms with Gasteiger partial charge in [0.25, 0.3) is 0 Å². The molecule has 4 fully saturated rings. The number of carboxylic acid groups (broad SMARTS) is 1. The molecule has 9 heteroatoms. The molecule has 0 radical (unpaired) electrons. The number of carbonyl (C=O) groups is 2. The second-order valence-corrected chi connectivity index (χ2v) is 13.2. The predicted octanol–water partition coefficient (Wildman–Crippen LogP) is 5.12. The van der Waals surface area contributed by atoms with Gasteiger partial charge in [0.1, 0.15) is 11.6 Å². The van der Waals surface area contributed by atoms with Crippen molar-refractivity contribution in [3.05, 3.63) is 59.4 Å². The summed E-state index contributed by atoms with van der Waals surface area (Å²) in [7, 11) is 3.35. The molecule has 0 aromatic heterocycles. The molecule has 6 rings (SSSR count). The highest BCUT2D eigenvalue weighted by molar-refractivity contribution is 5.81. The van der Waals surface area contributed by atoms with Crippen LogP contribution in [0.3, 0.4) is 0 Å². The quantitative estimate of drug-likeness (QED) is 0.424. The Morgan fingerprint density at radius 1 is 0.955 bits per heavy atom. The molecule has 3 heterocycles. The number of halogens is 1. The predicted molar refractivity (Wildman–Crippen MR) is 167 cm³/mol. The molecule has 0 unspecified atom stereocenters. The Hall–Kier alpha value is -3.17. The van der Waals surface area contributed by atoms with Gasteiger partial charge in [-0.25, -0.2) is 4.39 Å². The summed E-state index contributed by atoms with van der Waals surface area (Å²) in [5.41, 5.74) is 3.03. The van der Waals surface area contributed by atoms with Crippen LogP contribution in [0.25, 0.3) is 0 Å². The van der Waals surface area contributed by atoms with Crippen LogP contribution in [0.1, 0.15) is 67.9 Å². The van der Waals surface area contributed by atoms with Gasteiger partial charge in [0.15, 0.2) is 0 Å². The minimum Gasteiger partial charge on any atom is -0.497 e. The van der Waals surface area contributed by atoms with Crippen molar-refractivity contribution in [3.63, 3.8) is 0 Å². The normalized spacial score (nSPS) is 26.9. The second kappa shape index (κ2) is 13.4. The van der Waals surface area contributed by atoms with Crippen LogP contribution < -0.4 is 9.64 Å². The average molecular weight is 608 g/mol. The molecule has 1 N–H and O–H groups in total. The zero-order valence-corrected chi connectivity index (χ0v) is 26.0. The van der Waals surface area contributed by atoms with Crippen LogP contribution in [0.5, 0.6) is 5.75 Å². The number of carboxylic acids is 1. The number of nitrogens with zero attached hydrogens (tertiary/aromatic N) is 3. The maximum Gasteiger partial charge on any atom is 0.306 e. The fourth-order valence-electron chi connectivity index (χ4n) is 8.32. The summed E-state index contributed by atoms with van der Waals surface area (Å²) in [4.78, 5) is 32.9. The molecule has 1 saturated carbocycles. The van der Waals surface area contributed by atoms with E-state index < -0.39 is 5.97 Å². The number of anilines is 1. The lowest BCUT2D eigenvalue weighted by Gasteiger charge is -2.34. The van der Waals surface area contributed by atoms with E-state index in [1.165, 1.54) is 37.3 Å². The molecule has 44 heavy (non-hydrogen) atoms. The topological polar surface area (TPSA) is 82.5 Å². The van der Waals surface area contributed by atoms with Gasteiger partial charge in [-0.15, -0.1) is 0 Å². The summed E-state index contributed by atoms with van der Waals surface area (Å²) >= 11 is 0. The Bertz CT molecular complexity index is 1310. The van der Waals surface area contributed by atoms with Crippen LogP contribution in [-0.4, -0.2) is 92.4 Å². The molecular weight excluding hydrogens is 561 g/mol.